The Labute approximate surface area is 103 Å². The van der Waals surface area contributed by atoms with Crippen molar-refractivity contribution in [2.45, 2.75) is 26.4 Å². The lowest BCUT2D eigenvalue weighted by molar-refractivity contribution is 0.381. The largest absolute Gasteiger partial charge is 0.497 e. The van der Waals surface area contributed by atoms with Crippen molar-refractivity contribution in [1.29, 1.82) is 0 Å². The number of nitrogens with zero attached hydrogens (tertiary/aromatic N) is 2. The number of hydrogen-bond acceptors (Lipinski definition) is 3. The summed E-state index contributed by atoms with van der Waals surface area (Å²) in [6, 6.07) is 8.67. The highest BCUT2D eigenvalue weighted by molar-refractivity contribution is 5.58. The van der Waals surface area contributed by atoms with E-state index in [4.69, 9.17) is 4.74 Å². The second-order valence-corrected chi connectivity index (χ2v) is 4.85. The number of rotatable bonds is 4. The number of benzene rings is 1. The molecule has 0 radical (unpaired) electrons. The van der Waals surface area contributed by atoms with E-state index in [1.54, 1.807) is 7.11 Å². The van der Waals surface area contributed by atoms with Crippen molar-refractivity contribution < 1.29 is 4.74 Å². The van der Waals surface area contributed by atoms with Crippen molar-refractivity contribution in [1.82, 2.24) is 4.90 Å². The molecule has 1 unspecified atom stereocenters. The number of hydrogen-bond donors (Lipinski definition) is 0. The first-order valence-electron chi connectivity index (χ1n) is 6.09. The zero-order valence-corrected chi connectivity index (χ0v) is 10.8. The smallest absolute Gasteiger partial charge is 0.118 e. The van der Waals surface area contributed by atoms with Gasteiger partial charge in [-0.2, -0.15) is 0 Å². The van der Waals surface area contributed by atoms with Gasteiger partial charge < -0.3 is 9.64 Å². The molecule has 0 bridgehead atoms. The molecule has 2 rings (SSSR count). The van der Waals surface area contributed by atoms with E-state index in [9.17, 15) is 0 Å². The van der Waals surface area contributed by atoms with Gasteiger partial charge in [-0.15, -0.1) is 0 Å². The monoisotopic (exact) mass is 232 g/mol. The van der Waals surface area contributed by atoms with E-state index in [0.717, 1.165) is 18.8 Å². The van der Waals surface area contributed by atoms with Crippen molar-refractivity contribution in [3.05, 3.63) is 29.8 Å². The maximum atomic E-state index is 5.15. The maximum absolute atomic E-state index is 5.15. The van der Waals surface area contributed by atoms with E-state index in [-0.39, 0.29) is 0 Å². The van der Waals surface area contributed by atoms with Crippen LogP contribution >= 0.6 is 0 Å². The quantitative estimate of drug-likeness (QED) is 0.797. The third kappa shape index (κ3) is 2.99. The average Bonchev–Trinajstić information content (AvgIpc) is 2.79. The minimum atomic E-state index is 0.452. The van der Waals surface area contributed by atoms with Gasteiger partial charge in [-0.05, 0) is 23.6 Å². The van der Waals surface area contributed by atoms with Gasteiger partial charge >= 0.3 is 0 Å². The first kappa shape index (κ1) is 12.0. The van der Waals surface area contributed by atoms with Gasteiger partial charge in [0, 0.05) is 13.1 Å². The predicted octanol–water partition coefficient (Wildman–Crippen LogP) is 2.56. The summed E-state index contributed by atoms with van der Waals surface area (Å²) < 4.78 is 5.15. The molecule has 1 aromatic rings. The molecule has 0 fully saturated rings. The summed E-state index contributed by atoms with van der Waals surface area (Å²) in [4.78, 5) is 6.79. The van der Waals surface area contributed by atoms with Crippen molar-refractivity contribution >= 4 is 6.34 Å². The SMILES string of the molecule is COc1ccc(CN2C=NC(C(C)C)C2)cc1. The van der Waals surface area contributed by atoms with Gasteiger partial charge in [-0.1, -0.05) is 26.0 Å². The highest BCUT2D eigenvalue weighted by Crippen LogP contribution is 2.17. The lowest BCUT2D eigenvalue weighted by atomic mass is 10.1. The van der Waals surface area contributed by atoms with Crippen molar-refractivity contribution in [2.75, 3.05) is 13.7 Å². The Bertz CT molecular complexity index is 384. The fourth-order valence-electron chi connectivity index (χ4n) is 1.97. The zero-order valence-electron chi connectivity index (χ0n) is 10.8. The highest BCUT2D eigenvalue weighted by Gasteiger charge is 2.19. The van der Waals surface area contributed by atoms with Gasteiger partial charge in [0.25, 0.3) is 0 Å². The van der Waals surface area contributed by atoms with Crippen LogP contribution in [0.25, 0.3) is 0 Å². The zero-order chi connectivity index (χ0) is 12.3. The van der Waals surface area contributed by atoms with Crippen LogP contribution in [0.3, 0.4) is 0 Å². The van der Waals surface area contributed by atoms with E-state index >= 15 is 0 Å². The minimum absolute atomic E-state index is 0.452. The van der Waals surface area contributed by atoms with Crippen LogP contribution in [0.15, 0.2) is 29.3 Å². The van der Waals surface area contributed by atoms with Crippen LogP contribution in [-0.4, -0.2) is 30.9 Å². The lowest BCUT2D eigenvalue weighted by Gasteiger charge is -2.18. The van der Waals surface area contributed by atoms with E-state index in [1.807, 2.05) is 18.5 Å². The number of aliphatic imine (C=N–C) groups is 1. The van der Waals surface area contributed by atoms with Crippen molar-refractivity contribution in [3.63, 3.8) is 0 Å². The summed E-state index contributed by atoms with van der Waals surface area (Å²) in [5.74, 6) is 1.52. The van der Waals surface area contributed by atoms with Crippen LogP contribution in [0.4, 0.5) is 0 Å². The molecule has 1 atom stereocenters. The summed E-state index contributed by atoms with van der Waals surface area (Å²) in [5.41, 5.74) is 1.29. The topological polar surface area (TPSA) is 24.8 Å². The lowest BCUT2D eigenvalue weighted by Crippen LogP contribution is -2.25. The molecule has 1 heterocycles. The van der Waals surface area contributed by atoms with Crippen LogP contribution < -0.4 is 4.74 Å². The summed E-state index contributed by atoms with van der Waals surface area (Å²) in [6.07, 6.45) is 1.98. The molecule has 1 aliphatic heterocycles. The normalized spacial score (nSPS) is 19.1. The highest BCUT2D eigenvalue weighted by atomic mass is 16.5. The third-order valence-electron chi connectivity index (χ3n) is 3.16. The second-order valence-electron chi connectivity index (χ2n) is 4.85. The van der Waals surface area contributed by atoms with E-state index in [1.165, 1.54) is 5.56 Å². The molecule has 92 valence electrons. The summed E-state index contributed by atoms with van der Waals surface area (Å²) >= 11 is 0. The Morgan fingerprint density at radius 3 is 2.59 bits per heavy atom. The fraction of sp³-hybridized carbons (Fsp3) is 0.500. The van der Waals surface area contributed by atoms with Crippen LogP contribution in [0, 0.1) is 5.92 Å². The molecule has 0 saturated heterocycles. The van der Waals surface area contributed by atoms with Gasteiger partial charge in [0.1, 0.15) is 5.75 Å². The molecular formula is C14H20N2O. The molecule has 0 saturated carbocycles. The molecule has 0 aliphatic carbocycles. The molecule has 0 amide bonds. The van der Waals surface area contributed by atoms with Crippen molar-refractivity contribution in [3.8, 4) is 5.75 Å². The molecule has 1 aliphatic rings. The maximum Gasteiger partial charge on any atom is 0.118 e. The third-order valence-corrected chi connectivity index (χ3v) is 3.16. The van der Waals surface area contributed by atoms with Gasteiger partial charge in [0.05, 0.1) is 19.5 Å². The molecule has 1 aromatic carbocycles. The number of ether oxygens (including phenoxy) is 1. The Morgan fingerprint density at radius 2 is 2.06 bits per heavy atom. The Balaban J connectivity index is 1.92. The number of methoxy groups -OCH3 is 1. The Morgan fingerprint density at radius 1 is 1.35 bits per heavy atom. The minimum Gasteiger partial charge on any atom is -0.497 e. The van der Waals surface area contributed by atoms with Gasteiger partial charge in [-0.3, -0.25) is 4.99 Å². The summed E-state index contributed by atoms with van der Waals surface area (Å²) in [5, 5.41) is 0. The van der Waals surface area contributed by atoms with Gasteiger partial charge in [0.2, 0.25) is 0 Å². The molecule has 17 heavy (non-hydrogen) atoms. The molecule has 3 heteroatoms. The molecular weight excluding hydrogens is 212 g/mol. The first-order valence-corrected chi connectivity index (χ1v) is 6.09. The van der Waals surface area contributed by atoms with Crippen LogP contribution in [-0.2, 0) is 6.54 Å². The molecule has 0 N–H and O–H groups in total. The van der Waals surface area contributed by atoms with Gasteiger partial charge in [-0.25, -0.2) is 0 Å². The summed E-state index contributed by atoms with van der Waals surface area (Å²) in [7, 11) is 1.69. The molecule has 3 nitrogen and oxygen atoms in total. The van der Waals surface area contributed by atoms with Gasteiger partial charge in [0.15, 0.2) is 0 Å². The Kier molecular flexibility index (Phi) is 3.67. The summed E-state index contributed by atoms with van der Waals surface area (Å²) in [6.45, 7) is 6.40. The molecule has 0 spiro atoms. The first-order chi connectivity index (χ1) is 8.19. The Hall–Kier alpha value is -1.51. The predicted molar refractivity (Wildman–Crippen MR) is 70.5 cm³/mol. The van der Waals surface area contributed by atoms with E-state index in [2.05, 4.69) is 35.9 Å². The average molecular weight is 232 g/mol. The fourth-order valence-corrected chi connectivity index (χ4v) is 1.97. The van der Waals surface area contributed by atoms with Crippen LogP contribution in [0.5, 0.6) is 5.75 Å². The second kappa shape index (κ2) is 5.21. The van der Waals surface area contributed by atoms with E-state index < -0.39 is 0 Å². The van der Waals surface area contributed by atoms with Crippen LogP contribution in [0.2, 0.25) is 0 Å². The van der Waals surface area contributed by atoms with Crippen LogP contribution in [0.1, 0.15) is 19.4 Å². The van der Waals surface area contributed by atoms with Crippen molar-refractivity contribution in [2.24, 2.45) is 10.9 Å². The standard InChI is InChI=1S/C14H20N2O/c1-11(2)14-9-16(10-15-14)8-12-4-6-13(17-3)7-5-12/h4-7,10-11,14H,8-9H2,1-3H3. The van der Waals surface area contributed by atoms with E-state index in [0.29, 0.717) is 12.0 Å². The molecule has 0 aromatic heterocycles.